The van der Waals surface area contributed by atoms with Gasteiger partial charge < -0.3 is 31.1 Å². The van der Waals surface area contributed by atoms with Crippen molar-refractivity contribution in [3.63, 3.8) is 0 Å². The number of hydrogen-bond acceptors (Lipinski definition) is 7. The predicted octanol–water partition coefficient (Wildman–Crippen LogP) is 3.21. The van der Waals surface area contributed by atoms with Gasteiger partial charge in [-0.2, -0.15) is 0 Å². The van der Waals surface area contributed by atoms with Gasteiger partial charge >= 0.3 is 6.09 Å². The third-order valence-corrected chi connectivity index (χ3v) is 6.11. The Morgan fingerprint density at radius 2 is 1.63 bits per heavy atom. The molecule has 6 N–H and O–H groups in total. The molecule has 0 unspecified atom stereocenters. The second-order valence-electron chi connectivity index (χ2n) is 8.74. The van der Waals surface area contributed by atoms with Gasteiger partial charge in [-0.25, -0.2) is 4.79 Å². The molecule has 0 aliphatic carbocycles. The largest absolute Gasteiger partial charge is 0.442 e. The van der Waals surface area contributed by atoms with Crippen LogP contribution in [0.3, 0.4) is 0 Å². The number of aliphatic hydroxyl groups is 3. The minimum Gasteiger partial charge on any atom is -0.442 e. The van der Waals surface area contributed by atoms with Gasteiger partial charge in [0.05, 0.1) is 12.2 Å². The van der Waals surface area contributed by atoms with E-state index in [4.69, 9.17) is 22.1 Å². The maximum atomic E-state index is 12.5. The van der Waals surface area contributed by atoms with Crippen LogP contribution in [0.2, 0.25) is 0 Å². The number of likely N-dealkylation sites (N-methyl/N-ethyl adjacent to an activating group) is 1. The van der Waals surface area contributed by atoms with E-state index >= 15 is 0 Å². The van der Waals surface area contributed by atoms with Crippen molar-refractivity contribution in [3.8, 4) is 0 Å². The zero-order chi connectivity index (χ0) is 29.3. The Kier molecular flexibility index (Phi) is 17.6. The van der Waals surface area contributed by atoms with E-state index in [-0.39, 0.29) is 10.9 Å². The average Bonchev–Trinajstić information content (AvgIpc) is 2.88. The lowest BCUT2D eigenvalue weighted by molar-refractivity contribution is -0.137. The van der Waals surface area contributed by atoms with E-state index in [0.717, 1.165) is 5.57 Å². The predicted molar refractivity (Wildman–Crippen MR) is 149 cm³/mol. The lowest BCUT2D eigenvalue weighted by Gasteiger charge is -2.27. The first-order valence-electron chi connectivity index (χ1n) is 12.3. The number of Topliss-reactive ketones (excluding diaryl/α,β-unsaturated/α-hetero) is 1. The van der Waals surface area contributed by atoms with Crippen LogP contribution in [0.5, 0.6) is 0 Å². The Hall–Kier alpha value is -2.98. The summed E-state index contributed by atoms with van der Waals surface area (Å²) < 4.78 is 5.01. The Labute approximate surface area is 230 Å². The van der Waals surface area contributed by atoms with Crippen molar-refractivity contribution in [2.75, 3.05) is 7.05 Å². The number of amides is 2. The van der Waals surface area contributed by atoms with Gasteiger partial charge in [-0.15, -0.1) is 0 Å². The Balaban J connectivity index is 5.09. The van der Waals surface area contributed by atoms with Crippen LogP contribution >= 0.6 is 11.6 Å². The first kappa shape index (κ1) is 35.0. The second-order valence-corrected chi connectivity index (χ2v) is 9.17. The highest BCUT2D eigenvalue weighted by molar-refractivity contribution is 6.30. The molecule has 0 aliphatic heterocycles. The van der Waals surface area contributed by atoms with Gasteiger partial charge in [-0.05, 0) is 25.5 Å². The van der Waals surface area contributed by atoms with Crippen LogP contribution < -0.4 is 11.1 Å². The summed E-state index contributed by atoms with van der Waals surface area (Å²) in [5.74, 6) is -2.44. The molecule has 38 heavy (non-hydrogen) atoms. The van der Waals surface area contributed by atoms with Crippen LogP contribution in [-0.4, -0.2) is 64.6 Å². The lowest BCUT2D eigenvalue weighted by atomic mass is 9.89. The first-order chi connectivity index (χ1) is 17.8. The summed E-state index contributed by atoms with van der Waals surface area (Å²) in [7, 11) is 1.54. The van der Waals surface area contributed by atoms with Gasteiger partial charge in [0.25, 0.3) is 0 Å². The first-order valence-corrected chi connectivity index (χ1v) is 12.7. The standard InChI is InChI=1S/C28H41ClN2O7/c1-6-7-15-24(38-28(30)37)20(4)22(32)17-23(33)27(36)26(35)19(3)21(29)14-10-8-12-18(2)13-9-11-16-25(34)31-5/h7-16,19-20,22,24,26-27,32,35-36H,6,17H2,1-5H3,(H2,30,37)(H,31,34)/b10-8+,13-9+,15-7+,16-11+,18-12+,21-14-/t19-,20+,22-,24-,26-,27-/m1/s1. The molecule has 0 radical (unpaired) electrons. The molecule has 0 aromatic heterocycles. The number of ketones is 1. The molecule has 0 bridgehead atoms. The summed E-state index contributed by atoms with van der Waals surface area (Å²) in [4.78, 5) is 34.8. The van der Waals surface area contributed by atoms with E-state index < -0.39 is 54.5 Å². The molecule has 0 spiro atoms. The highest BCUT2D eigenvalue weighted by atomic mass is 35.5. The number of nitrogens with two attached hydrogens (primary N) is 1. The van der Waals surface area contributed by atoms with Crippen molar-refractivity contribution in [2.24, 2.45) is 17.6 Å². The summed E-state index contributed by atoms with van der Waals surface area (Å²) in [5, 5.41) is 34.0. The van der Waals surface area contributed by atoms with Crippen molar-refractivity contribution >= 4 is 29.4 Å². The average molecular weight is 553 g/mol. The maximum Gasteiger partial charge on any atom is 0.405 e. The number of hydrogen-bond donors (Lipinski definition) is 5. The third-order valence-electron chi connectivity index (χ3n) is 5.64. The van der Waals surface area contributed by atoms with E-state index in [0.29, 0.717) is 6.42 Å². The monoisotopic (exact) mass is 552 g/mol. The van der Waals surface area contributed by atoms with E-state index in [1.165, 1.54) is 12.2 Å². The minimum absolute atomic E-state index is 0.201. The number of rotatable bonds is 16. The lowest BCUT2D eigenvalue weighted by Crippen LogP contribution is -2.42. The summed E-state index contributed by atoms with van der Waals surface area (Å²) in [6.07, 6.45) is 10.3. The van der Waals surface area contributed by atoms with Gasteiger partial charge in [0, 0.05) is 36.4 Å². The fourth-order valence-corrected chi connectivity index (χ4v) is 3.28. The summed E-state index contributed by atoms with van der Waals surface area (Å²) >= 11 is 6.26. The van der Waals surface area contributed by atoms with Crippen LogP contribution in [0.4, 0.5) is 4.79 Å². The number of aliphatic hydroxyl groups excluding tert-OH is 3. The topological polar surface area (TPSA) is 159 Å². The quantitative estimate of drug-likeness (QED) is 0.112. The number of carbonyl (C=O) groups is 3. The number of nitrogens with one attached hydrogen (secondary N) is 1. The fraction of sp³-hybridized carbons (Fsp3) is 0.464. The zero-order valence-corrected chi connectivity index (χ0v) is 23.3. The summed E-state index contributed by atoms with van der Waals surface area (Å²) in [6, 6.07) is 0. The fourth-order valence-electron chi connectivity index (χ4n) is 3.08. The molecule has 0 fully saturated rings. The van der Waals surface area contributed by atoms with Crippen LogP contribution in [0.1, 0.15) is 40.5 Å². The molecule has 0 saturated heterocycles. The van der Waals surface area contributed by atoms with E-state index in [1.54, 1.807) is 69.5 Å². The molecule has 0 aromatic rings. The summed E-state index contributed by atoms with van der Waals surface area (Å²) in [6.45, 7) is 6.88. The zero-order valence-electron chi connectivity index (χ0n) is 22.6. The third kappa shape index (κ3) is 14.1. The van der Waals surface area contributed by atoms with Gasteiger partial charge in [-0.3, -0.25) is 9.59 Å². The molecule has 0 saturated carbocycles. The summed E-state index contributed by atoms with van der Waals surface area (Å²) in [5.41, 5.74) is 6.00. The van der Waals surface area contributed by atoms with Crippen LogP contribution in [0.25, 0.3) is 0 Å². The van der Waals surface area contributed by atoms with Gasteiger partial charge in [0.2, 0.25) is 5.91 Å². The molecular formula is C28H41ClN2O7. The number of halogens is 1. The van der Waals surface area contributed by atoms with Crippen LogP contribution in [-0.2, 0) is 14.3 Å². The molecule has 0 aliphatic rings. The number of primary amides is 1. The van der Waals surface area contributed by atoms with Crippen molar-refractivity contribution < 1.29 is 34.4 Å². The molecular weight excluding hydrogens is 512 g/mol. The van der Waals surface area contributed by atoms with Crippen molar-refractivity contribution in [1.29, 1.82) is 0 Å². The molecule has 10 heteroatoms. The van der Waals surface area contributed by atoms with E-state index in [9.17, 15) is 29.7 Å². The van der Waals surface area contributed by atoms with Crippen molar-refractivity contribution in [2.45, 2.75) is 65.0 Å². The van der Waals surface area contributed by atoms with Crippen LogP contribution in [0, 0.1) is 11.8 Å². The number of ether oxygens (including phenoxy) is 1. The highest BCUT2D eigenvalue weighted by Gasteiger charge is 2.33. The van der Waals surface area contributed by atoms with Gasteiger partial charge in [0.15, 0.2) is 5.78 Å². The maximum absolute atomic E-state index is 12.5. The normalized spacial score (nSPS) is 18.0. The SMILES string of the molecule is CC/C=C/[C@@H](OC(N)=O)[C@@H](C)[C@H](O)CC(=O)[C@@H](O)[C@H](O)[C@H](C)/C(Cl)=C/C=C/C=C(C)/C=C/C=C/C(=O)NC. The smallest absolute Gasteiger partial charge is 0.405 e. The Morgan fingerprint density at radius 3 is 2.21 bits per heavy atom. The van der Waals surface area contributed by atoms with E-state index in [1.807, 2.05) is 13.8 Å². The molecule has 0 heterocycles. The minimum atomic E-state index is -1.78. The van der Waals surface area contributed by atoms with Crippen LogP contribution in [0.15, 0.2) is 71.4 Å². The Bertz CT molecular complexity index is 953. The van der Waals surface area contributed by atoms with Gasteiger partial charge in [0.1, 0.15) is 12.2 Å². The number of carbonyl (C=O) groups excluding carboxylic acids is 3. The number of allylic oxidation sites excluding steroid dienone is 9. The molecule has 6 atom stereocenters. The molecule has 2 amide bonds. The van der Waals surface area contributed by atoms with E-state index in [2.05, 4.69) is 5.32 Å². The molecule has 0 rings (SSSR count). The molecule has 0 aromatic carbocycles. The van der Waals surface area contributed by atoms with Crippen molar-refractivity contribution in [3.05, 3.63) is 71.4 Å². The van der Waals surface area contributed by atoms with Gasteiger partial charge in [-0.1, -0.05) is 80.5 Å². The Morgan fingerprint density at radius 1 is 1.03 bits per heavy atom. The van der Waals surface area contributed by atoms with Crippen molar-refractivity contribution in [1.82, 2.24) is 5.32 Å². The second kappa shape index (κ2) is 19.1. The molecule has 212 valence electrons. The molecule has 9 nitrogen and oxygen atoms in total. The highest BCUT2D eigenvalue weighted by Crippen LogP contribution is 2.24.